The predicted octanol–water partition coefficient (Wildman–Crippen LogP) is 1.22. The summed E-state index contributed by atoms with van der Waals surface area (Å²) >= 11 is 3.82. The average molecular weight is 241 g/mol. The van der Waals surface area contributed by atoms with Crippen molar-refractivity contribution in [2.24, 2.45) is 0 Å². The highest BCUT2D eigenvalue weighted by atomic mass is 32.1. The number of nitriles is 1. The van der Waals surface area contributed by atoms with Crippen molar-refractivity contribution in [2.45, 2.75) is 18.6 Å². The molecule has 0 saturated heterocycles. The van der Waals surface area contributed by atoms with E-state index in [-0.39, 0.29) is 17.7 Å². The molecule has 1 aromatic carbocycles. The molecule has 0 aromatic heterocycles. The minimum absolute atomic E-state index is 0.00528. The molecule has 0 aliphatic carbocycles. The predicted molar refractivity (Wildman–Crippen MR) is 60.5 cm³/mol. The second-order valence-corrected chi connectivity index (χ2v) is 3.75. The van der Waals surface area contributed by atoms with Crippen LogP contribution in [0.5, 0.6) is 0 Å². The summed E-state index contributed by atoms with van der Waals surface area (Å²) in [4.78, 5) is 0. The maximum Gasteiger partial charge on any atom is 0.129 e. The normalized spacial score (nSPS) is 14.2. The van der Waals surface area contributed by atoms with Crippen LogP contribution in [0.1, 0.15) is 17.2 Å². The molecule has 0 amide bonds. The van der Waals surface area contributed by atoms with E-state index >= 15 is 0 Å². The van der Waals surface area contributed by atoms with Gasteiger partial charge < -0.3 is 10.2 Å². The first-order valence-corrected chi connectivity index (χ1v) is 5.35. The lowest BCUT2D eigenvalue weighted by atomic mass is 10.0. The van der Waals surface area contributed by atoms with Gasteiger partial charge >= 0.3 is 0 Å². The number of thiol groups is 1. The van der Waals surface area contributed by atoms with E-state index in [0.717, 1.165) is 0 Å². The Morgan fingerprint density at radius 2 is 2.12 bits per heavy atom. The molecule has 2 unspecified atom stereocenters. The monoisotopic (exact) mass is 241 g/mol. The molecule has 5 heteroatoms. The van der Waals surface area contributed by atoms with E-state index in [1.807, 2.05) is 6.07 Å². The van der Waals surface area contributed by atoms with Crippen LogP contribution in [-0.4, -0.2) is 22.1 Å². The van der Waals surface area contributed by atoms with Gasteiger partial charge in [0.25, 0.3) is 0 Å². The SMILES string of the molecule is N#CCc1ccc(F)c(C(O)C(O)CS)c1. The van der Waals surface area contributed by atoms with Crippen molar-refractivity contribution in [3.05, 3.63) is 35.1 Å². The van der Waals surface area contributed by atoms with Gasteiger partial charge in [0, 0.05) is 11.3 Å². The molecule has 3 nitrogen and oxygen atoms in total. The Morgan fingerprint density at radius 1 is 1.44 bits per heavy atom. The van der Waals surface area contributed by atoms with Gasteiger partial charge in [0.1, 0.15) is 11.9 Å². The molecule has 0 fully saturated rings. The van der Waals surface area contributed by atoms with E-state index in [0.29, 0.717) is 5.56 Å². The summed E-state index contributed by atoms with van der Waals surface area (Å²) in [5.41, 5.74) is 0.596. The smallest absolute Gasteiger partial charge is 0.129 e. The Bertz CT molecular complexity index is 405. The van der Waals surface area contributed by atoms with Crippen LogP contribution in [0.25, 0.3) is 0 Å². The second-order valence-electron chi connectivity index (χ2n) is 3.39. The third kappa shape index (κ3) is 2.95. The lowest BCUT2D eigenvalue weighted by molar-refractivity contribution is 0.0314. The van der Waals surface area contributed by atoms with Gasteiger partial charge in [0.15, 0.2) is 0 Å². The molecule has 2 atom stereocenters. The van der Waals surface area contributed by atoms with Crippen molar-refractivity contribution >= 4 is 12.6 Å². The number of hydrogen-bond donors (Lipinski definition) is 3. The molecular formula is C11H12FNO2S. The van der Waals surface area contributed by atoms with Gasteiger partial charge in [-0.05, 0) is 17.7 Å². The van der Waals surface area contributed by atoms with Crippen LogP contribution < -0.4 is 0 Å². The van der Waals surface area contributed by atoms with Crippen LogP contribution in [-0.2, 0) is 6.42 Å². The Kier molecular flexibility index (Phi) is 4.74. The van der Waals surface area contributed by atoms with E-state index in [1.165, 1.54) is 18.2 Å². The number of nitrogens with zero attached hydrogens (tertiary/aromatic N) is 1. The zero-order chi connectivity index (χ0) is 12.1. The average Bonchev–Trinajstić information content (AvgIpc) is 2.30. The lowest BCUT2D eigenvalue weighted by Crippen LogP contribution is -2.21. The molecule has 1 rings (SSSR count). The van der Waals surface area contributed by atoms with Crippen LogP contribution in [0.3, 0.4) is 0 Å². The summed E-state index contributed by atoms with van der Waals surface area (Å²) < 4.78 is 13.4. The van der Waals surface area contributed by atoms with Gasteiger partial charge in [-0.3, -0.25) is 0 Å². The van der Waals surface area contributed by atoms with Gasteiger partial charge in [-0.25, -0.2) is 4.39 Å². The summed E-state index contributed by atoms with van der Waals surface area (Å²) in [6.45, 7) is 0. The summed E-state index contributed by atoms with van der Waals surface area (Å²) in [6.07, 6.45) is -2.32. The number of aliphatic hydroxyl groups excluding tert-OH is 2. The standard InChI is InChI=1S/C11H12FNO2S/c12-9-2-1-7(3-4-13)5-8(9)11(15)10(14)6-16/h1-2,5,10-11,14-16H,3,6H2. The van der Waals surface area contributed by atoms with Gasteiger partial charge in [-0.2, -0.15) is 17.9 Å². The highest BCUT2D eigenvalue weighted by molar-refractivity contribution is 7.80. The molecule has 0 bridgehead atoms. The second kappa shape index (κ2) is 5.85. The molecule has 16 heavy (non-hydrogen) atoms. The molecule has 0 heterocycles. The van der Waals surface area contributed by atoms with Crippen molar-refractivity contribution in [1.82, 2.24) is 0 Å². The number of aliphatic hydroxyl groups is 2. The first kappa shape index (κ1) is 13.0. The van der Waals surface area contributed by atoms with E-state index < -0.39 is 18.0 Å². The van der Waals surface area contributed by atoms with Crippen LogP contribution in [0.2, 0.25) is 0 Å². The van der Waals surface area contributed by atoms with Crippen molar-refractivity contribution in [2.75, 3.05) is 5.75 Å². The molecule has 1 aromatic rings. The van der Waals surface area contributed by atoms with Crippen molar-refractivity contribution in [1.29, 1.82) is 5.26 Å². The Balaban J connectivity index is 3.02. The minimum Gasteiger partial charge on any atom is -0.389 e. The number of halogens is 1. The largest absolute Gasteiger partial charge is 0.389 e. The van der Waals surface area contributed by atoms with Crippen molar-refractivity contribution in [3.8, 4) is 6.07 Å². The summed E-state index contributed by atoms with van der Waals surface area (Å²) in [5, 5.41) is 27.5. The fourth-order valence-electron chi connectivity index (χ4n) is 1.33. The van der Waals surface area contributed by atoms with E-state index in [4.69, 9.17) is 5.26 Å². The Labute approximate surface area is 98.6 Å². The van der Waals surface area contributed by atoms with E-state index in [2.05, 4.69) is 12.6 Å². The molecule has 0 spiro atoms. The van der Waals surface area contributed by atoms with Gasteiger partial charge in [0.05, 0.1) is 18.6 Å². The molecule has 2 N–H and O–H groups in total. The first-order valence-electron chi connectivity index (χ1n) is 4.72. The molecule has 86 valence electrons. The molecule has 0 radical (unpaired) electrons. The zero-order valence-corrected chi connectivity index (χ0v) is 9.36. The highest BCUT2D eigenvalue weighted by Crippen LogP contribution is 2.22. The van der Waals surface area contributed by atoms with Crippen molar-refractivity contribution < 1.29 is 14.6 Å². The highest BCUT2D eigenvalue weighted by Gasteiger charge is 2.20. The first-order chi connectivity index (χ1) is 7.60. The summed E-state index contributed by atoms with van der Waals surface area (Å²) in [7, 11) is 0. The van der Waals surface area contributed by atoms with Gasteiger partial charge in [-0.1, -0.05) is 6.07 Å². The van der Waals surface area contributed by atoms with E-state index in [1.54, 1.807) is 0 Å². The third-order valence-corrected chi connectivity index (χ3v) is 2.59. The molecule has 0 saturated carbocycles. The van der Waals surface area contributed by atoms with Crippen molar-refractivity contribution in [3.63, 3.8) is 0 Å². The molecule has 0 aliphatic heterocycles. The number of rotatable bonds is 4. The maximum absolute atomic E-state index is 13.4. The number of hydrogen-bond acceptors (Lipinski definition) is 4. The topological polar surface area (TPSA) is 64.2 Å². The number of benzene rings is 1. The van der Waals surface area contributed by atoms with E-state index in [9.17, 15) is 14.6 Å². The summed E-state index contributed by atoms with van der Waals surface area (Å²) in [5.74, 6) is -0.571. The minimum atomic E-state index is -1.32. The quantitative estimate of drug-likeness (QED) is 0.694. The van der Waals surface area contributed by atoms with Crippen LogP contribution >= 0.6 is 12.6 Å². The zero-order valence-electron chi connectivity index (χ0n) is 8.47. The molecular weight excluding hydrogens is 229 g/mol. The Morgan fingerprint density at radius 3 is 2.69 bits per heavy atom. The lowest BCUT2D eigenvalue weighted by Gasteiger charge is -2.17. The van der Waals surface area contributed by atoms with Crippen LogP contribution in [0, 0.1) is 17.1 Å². The maximum atomic E-state index is 13.4. The van der Waals surface area contributed by atoms with Crippen LogP contribution in [0.15, 0.2) is 18.2 Å². The summed E-state index contributed by atoms with van der Waals surface area (Å²) in [6, 6.07) is 5.97. The van der Waals surface area contributed by atoms with Crippen LogP contribution in [0.4, 0.5) is 4.39 Å². The molecule has 0 aliphatic rings. The van der Waals surface area contributed by atoms with Gasteiger partial charge in [0.2, 0.25) is 0 Å². The fourth-order valence-corrected chi connectivity index (χ4v) is 1.53. The van der Waals surface area contributed by atoms with Gasteiger partial charge in [-0.15, -0.1) is 0 Å². The third-order valence-electron chi connectivity index (χ3n) is 2.21. The Hall–Kier alpha value is -1.09. The fraction of sp³-hybridized carbons (Fsp3) is 0.364.